The molecule has 1 unspecified atom stereocenters. The van der Waals surface area contributed by atoms with E-state index < -0.39 is 10.0 Å². The quantitative estimate of drug-likeness (QED) is 0.844. The van der Waals surface area contributed by atoms with Gasteiger partial charge in [0.1, 0.15) is 0 Å². The van der Waals surface area contributed by atoms with Crippen molar-refractivity contribution in [1.29, 1.82) is 0 Å². The molecule has 0 aliphatic carbocycles. The summed E-state index contributed by atoms with van der Waals surface area (Å²) in [5.41, 5.74) is 2.24. The molecular weight excluding hydrogens is 314 g/mol. The number of rotatable bonds is 6. The van der Waals surface area contributed by atoms with Crippen LogP contribution in [0.2, 0.25) is 0 Å². The van der Waals surface area contributed by atoms with Crippen molar-refractivity contribution in [2.75, 3.05) is 18.8 Å². The van der Waals surface area contributed by atoms with E-state index >= 15 is 0 Å². The Morgan fingerprint density at radius 1 is 1.35 bits per heavy atom. The fourth-order valence-electron chi connectivity index (χ4n) is 2.81. The minimum atomic E-state index is -3.20. The lowest BCUT2D eigenvalue weighted by Crippen LogP contribution is -2.42. The Kier molecular flexibility index (Phi) is 4.74. The van der Waals surface area contributed by atoms with E-state index in [9.17, 15) is 8.42 Å². The van der Waals surface area contributed by atoms with Crippen molar-refractivity contribution in [1.82, 2.24) is 24.4 Å². The third-order valence-corrected chi connectivity index (χ3v) is 5.37. The zero-order valence-corrected chi connectivity index (χ0v) is 13.9. The van der Waals surface area contributed by atoms with Crippen LogP contribution in [0.4, 0.5) is 0 Å². The van der Waals surface area contributed by atoms with Crippen LogP contribution in [0.1, 0.15) is 24.2 Å². The molecule has 7 nitrogen and oxygen atoms in total. The fraction of sp³-hybridized carbons (Fsp3) is 0.467. The van der Waals surface area contributed by atoms with Gasteiger partial charge in [-0.05, 0) is 24.6 Å². The van der Waals surface area contributed by atoms with Gasteiger partial charge in [0.25, 0.3) is 0 Å². The van der Waals surface area contributed by atoms with Gasteiger partial charge in [-0.2, -0.15) is 5.10 Å². The molecule has 0 fully saturated rings. The second-order valence-electron chi connectivity index (χ2n) is 5.70. The SMILES string of the molecule is CCS(=O)(=O)NCC1CN(Cc2cccnc2)Cc2ccnn21. The average Bonchev–Trinajstić information content (AvgIpc) is 3.02. The number of sulfonamides is 1. The molecular formula is C15H21N5O2S. The van der Waals surface area contributed by atoms with Crippen LogP contribution in [0.3, 0.4) is 0 Å². The van der Waals surface area contributed by atoms with Crippen LogP contribution in [0.25, 0.3) is 0 Å². The molecule has 0 amide bonds. The van der Waals surface area contributed by atoms with Gasteiger partial charge < -0.3 is 0 Å². The summed E-state index contributed by atoms with van der Waals surface area (Å²) >= 11 is 0. The first-order valence-electron chi connectivity index (χ1n) is 7.68. The monoisotopic (exact) mass is 335 g/mol. The lowest BCUT2D eigenvalue weighted by Gasteiger charge is -2.34. The lowest BCUT2D eigenvalue weighted by molar-refractivity contribution is 0.168. The molecule has 0 spiro atoms. The Labute approximate surface area is 136 Å². The third-order valence-electron chi connectivity index (χ3n) is 4.00. The van der Waals surface area contributed by atoms with Crippen LogP contribution >= 0.6 is 0 Å². The Hall–Kier alpha value is -1.77. The summed E-state index contributed by atoms with van der Waals surface area (Å²) in [5.74, 6) is 0.0884. The predicted octanol–water partition coefficient (Wildman–Crippen LogP) is 0.774. The maximum atomic E-state index is 11.7. The van der Waals surface area contributed by atoms with E-state index in [-0.39, 0.29) is 11.8 Å². The van der Waals surface area contributed by atoms with Gasteiger partial charge in [-0.25, -0.2) is 13.1 Å². The van der Waals surface area contributed by atoms with Gasteiger partial charge in [0, 0.05) is 44.8 Å². The zero-order valence-electron chi connectivity index (χ0n) is 13.1. The molecule has 0 aromatic carbocycles. The van der Waals surface area contributed by atoms with Gasteiger partial charge in [-0.1, -0.05) is 6.07 Å². The molecule has 0 saturated heterocycles. The van der Waals surface area contributed by atoms with Crippen LogP contribution in [0.5, 0.6) is 0 Å². The van der Waals surface area contributed by atoms with Gasteiger partial charge in [-0.15, -0.1) is 0 Å². The zero-order chi connectivity index (χ0) is 16.3. The second kappa shape index (κ2) is 6.77. The van der Waals surface area contributed by atoms with Gasteiger partial charge in [-0.3, -0.25) is 14.6 Å². The molecule has 0 bridgehead atoms. The minimum Gasteiger partial charge on any atom is -0.291 e. The normalized spacial score (nSPS) is 18.7. The number of nitrogens with one attached hydrogen (secondary N) is 1. The summed E-state index contributed by atoms with van der Waals surface area (Å²) in [6, 6.07) is 5.95. The molecule has 0 saturated carbocycles. The van der Waals surface area contributed by atoms with E-state index in [1.54, 1.807) is 19.3 Å². The number of aromatic nitrogens is 3. The van der Waals surface area contributed by atoms with E-state index in [1.165, 1.54) is 0 Å². The highest BCUT2D eigenvalue weighted by molar-refractivity contribution is 7.89. The Morgan fingerprint density at radius 2 is 2.22 bits per heavy atom. The average molecular weight is 335 g/mol. The number of pyridine rings is 1. The van der Waals surface area contributed by atoms with E-state index in [1.807, 2.05) is 29.1 Å². The van der Waals surface area contributed by atoms with Crippen molar-refractivity contribution >= 4 is 10.0 Å². The summed E-state index contributed by atoms with van der Waals surface area (Å²) in [5, 5.41) is 4.35. The molecule has 124 valence electrons. The van der Waals surface area contributed by atoms with Crippen LogP contribution in [0, 0.1) is 0 Å². The van der Waals surface area contributed by atoms with E-state index in [0.717, 1.165) is 30.9 Å². The first-order valence-corrected chi connectivity index (χ1v) is 9.33. The Morgan fingerprint density at radius 3 is 2.96 bits per heavy atom. The van der Waals surface area contributed by atoms with Crippen LogP contribution < -0.4 is 4.72 Å². The smallest absolute Gasteiger partial charge is 0.211 e. The molecule has 2 aromatic heterocycles. The van der Waals surface area contributed by atoms with Gasteiger partial charge in [0.05, 0.1) is 17.5 Å². The van der Waals surface area contributed by atoms with Crippen LogP contribution in [-0.4, -0.2) is 46.9 Å². The van der Waals surface area contributed by atoms with Gasteiger partial charge in [0.15, 0.2) is 0 Å². The highest BCUT2D eigenvalue weighted by Gasteiger charge is 2.26. The molecule has 0 radical (unpaired) electrons. The highest BCUT2D eigenvalue weighted by atomic mass is 32.2. The molecule has 23 heavy (non-hydrogen) atoms. The number of hydrogen-bond acceptors (Lipinski definition) is 5. The maximum Gasteiger partial charge on any atom is 0.211 e. The van der Waals surface area contributed by atoms with Crippen molar-refractivity contribution in [2.24, 2.45) is 0 Å². The van der Waals surface area contributed by atoms with Crippen molar-refractivity contribution in [3.05, 3.63) is 48.0 Å². The molecule has 2 aromatic rings. The summed E-state index contributed by atoms with van der Waals surface area (Å²) in [6.07, 6.45) is 5.39. The first-order chi connectivity index (χ1) is 11.1. The third kappa shape index (κ3) is 3.95. The number of nitrogens with zero attached hydrogens (tertiary/aromatic N) is 4. The first kappa shape index (κ1) is 16.1. The Bertz CT molecular complexity index is 744. The van der Waals surface area contributed by atoms with Crippen molar-refractivity contribution in [2.45, 2.75) is 26.1 Å². The molecule has 1 aliphatic rings. The minimum absolute atomic E-state index is 0.00764. The standard InChI is InChI=1S/C15H21N5O2S/c1-2-23(21,22)18-9-15-12-19(10-13-4-3-6-16-8-13)11-14-5-7-17-20(14)15/h3-8,15,18H,2,9-12H2,1H3. The van der Waals surface area contributed by atoms with Gasteiger partial charge in [0.2, 0.25) is 10.0 Å². The summed E-state index contributed by atoms with van der Waals surface area (Å²) in [6.45, 7) is 4.32. The fourth-order valence-corrected chi connectivity index (χ4v) is 3.46. The van der Waals surface area contributed by atoms with Crippen LogP contribution in [0.15, 0.2) is 36.8 Å². The van der Waals surface area contributed by atoms with Crippen molar-refractivity contribution in [3.8, 4) is 0 Å². The van der Waals surface area contributed by atoms with E-state index in [0.29, 0.717) is 6.54 Å². The summed E-state index contributed by atoms with van der Waals surface area (Å²) in [4.78, 5) is 6.44. The Balaban J connectivity index is 1.72. The van der Waals surface area contributed by atoms with E-state index in [4.69, 9.17) is 0 Å². The maximum absolute atomic E-state index is 11.7. The molecule has 8 heteroatoms. The predicted molar refractivity (Wildman–Crippen MR) is 87.1 cm³/mol. The molecule has 3 heterocycles. The topological polar surface area (TPSA) is 80.1 Å². The van der Waals surface area contributed by atoms with E-state index in [2.05, 4.69) is 19.7 Å². The highest BCUT2D eigenvalue weighted by Crippen LogP contribution is 2.21. The summed E-state index contributed by atoms with van der Waals surface area (Å²) < 4.78 is 28.0. The number of fused-ring (bicyclic) bond motifs is 1. The van der Waals surface area contributed by atoms with Crippen LogP contribution in [-0.2, 0) is 23.1 Å². The largest absolute Gasteiger partial charge is 0.291 e. The number of hydrogen-bond donors (Lipinski definition) is 1. The second-order valence-corrected chi connectivity index (χ2v) is 7.80. The van der Waals surface area contributed by atoms with Crippen molar-refractivity contribution < 1.29 is 8.42 Å². The van der Waals surface area contributed by atoms with Gasteiger partial charge >= 0.3 is 0 Å². The lowest BCUT2D eigenvalue weighted by atomic mass is 10.1. The molecule has 1 aliphatic heterocycles. The molecule has 1 atom stereocenters. The van der Waals surface area contributed by atoms with Crippen molar-refractivity contribution in [3.63, 3.8) is 0 Å². The summed E-state index contributed by atoms with van der Waals surface area (Å²) in [7, 11) is -3.20. The molecule has 3 rings (SSSR count). The molecule has 1 N–H and O–H groups in total.